The first-order chi connectivity index (χ1) is 11.9. The number of nitrogens with one attached hydrogen (secondary N) is 1. The Morgan fingerprint density at radius 1 is 1.16 bits per heavy atom. The van der Waals surface area contributed by atoms with Crippen LogP contribution in [0.25, 0.3) is 0 Å². The lowest BCUT2D eigenvalue weighted by molar-refractivity contribution is -0.118. The zero-order chi connectivity index (χ0) is 18.4. The number of methoxy groups -OCH3 is 1. The summed E-state index contributed by atoms with van der Waals surface area (Å²) < 4.78 is 11.1. The Hall–Kier alpha value is -2.34. The van der Waals surface area contributed by atoms with Crippen molar-refractivity contribution in [3.8, 4) is 5.75 Å². The van der Waals surface area contributed by atoms with Crippen molar-refractivity contribution in [1.29, 1.82) is 0 Å². The van der Waals surface area contributed by atoms with Gasteiger partial charge >= 0.3 is 5.97 Å². The molecule has 2 aromatic carbocycles. The summed E-state index contributed by atoms with van der Waals surface area (Å²) in [7, 11) is 1.29. The number of ether oxygens (including phenoxy) is 2. The van der Waals surface area contributed by atoms with Crippen LogP contribution in [-0.2, 0) is 9.53 Å². The van der Waals surface area contributed by atoms with Gasteiger partial charge in [0.2, 0.25) is 0 Å². The fraction of sp³-hybridized carbons (Fsp3) is 0.263. The van der Waals surface area contributed by atoms with Gasteiger partial charge in [-0.2, -0.15) is 0 Å². The number of benzene rings is 2. The maximum absolute atomic E-state index is 12.1. The van der Waals surface area contributed by atoms with Crippen LogP contribution < -0.4 is 10.1 Å². The molecule has 1 N–H and O–H groups in total. The first-order valence-electron chi connectivity index (χ1n) is 7.81. The van der Waals surface area contributed by atoms with Crippen molar-refractivity contribution in [1.82, 2.24) is 0 Å². The SMILES string of the molecule is COC(=O)c1ccccc1NC(=O)COc1ccc(C(C)C)cc1Br. The Labute approximate surface area is 155 Å². The van der Waals surface area contributed by atoms with Gasteiger partial charge in [0, 0.05) is 0 Å². The van der Waals surface area contributed by atoms with Crippen LogP contribution in [0, 0.1) is 0 Å². The Morgan fingerprint density at radius 3 is 2.52 bits per heavy atom. The monoisotopic (exact) mass is 405 g/mol. The molecule has 0 aliphatic carbocycles. The second-order valence-electron chi connectivity index (χ2n) is 5.72. The predicted octanol–water partition coefficient (Wildman–Crippen LogP) is 4.38. The van der Waals surface area contributed by atoms with Crippen molar-refractivity contribution in [3.05, 3.63) is 58.1 Å². The normalized spacial score (nSPS) is 10.4. The molecule has 0 spiro atoms. The highest BCUT2D eigenvalue weighted by Gasteiger charge is 2.14. The zero-order valence-electron chi connectivity index (χ0n) is 14.3. The van der Waals surface area contributed by atoms with Gasteiger partial charge in [-0.15, -0.1) is 0 Å². The molecule has 0 aliphatic rings. The van der Waals surface area contributed by atoms with Crippen molar-refractivity contribution in [2.75, 3.05) is 19.0 Å². The van der Waals surface area contributed by atoms with E-state index in [1.807, 2.05) is 18.2 Å². The molecule has 25 heavy (non-hydrogen) atoms. The summed E-state index contributed by atoms with van der Waals surface area (Å²) in [5.74, 6) is 0.115. The zero-order valence-corrected chi connectivity index (χ0v) is 15.9. The van der Waals surface area contributed by atoms with Crippen LogP contribution in [0.3, 0.4) is 0 Å². The fourth-order valence-corrected chi connectivity index (χ4v) is 2.71. The molecule has 132 valence electrons. The summed E-state index contributed by atoms with van der Waals surface area (Å²) in [6, 6.07) is 12.4. The van der Waals surface area contributed by atoms with Crippen molar-refractivity contribution >= 4 is 33.5 Å². The maximum Gasteiger partial charge on any atom is 0.339 e. The summed E-state index contributed by atoms with van der Waals surface area (Å²) in [5, 5.41) is 2.66. The molecule has 0 aliphatic heterocycles. The maximum atomic E-state index is 12.1. The third-order valence-electron chi connectivity index (χ3n) is 3.59. The van der Waals surface area contributed by atoms with E-state index in [4.69, 9.17) is 9.47 Å². The van der Waals surface area contributed by atoms with E-state index < -0.39 is 5.97 Å². The molecule has 2 rings (SSSR count). The minimum Gasteiger partial charge on any atom is -0.483 e. The molecule has 0 heterocycles. The van der Waals surface area contributed by atoms with Gasteiger partial charge in [0.05, 0.1) is 22.8 Å². The molecule has 0 saturated heterocycles. The highest BCUT2D eigenvalue weighted by molar-refractivity contribution is 9.10. The van der Waals surface area contributed by atoms with E-state index in [1.165, 1.54) is 12.7 Å². The van der Waals surface area contributed by atoms with Gasteiger partial charge in [0.15, 0.2) is 6.61 Å². The van der Waals surface area contributed by atoms with Gasteiger partial charge in [0.25, 0.3) is 5.91 Å². The topological polar surface area (TPSA) is 64.6 Å². The van der Waals surface area contributed by atoms with Crippen LogP contribution >= 0.6 is 15.9 Å². The minimum absolute atomic E-state index is 0.171. The molecular formula is C19H20BrNO4. The average molecular weight is 406 g/mol. The highest BCUT2D eigenvalue weighted by atomic mass is 79.9. The average Bonchev–Trinajstić information content (AvgIpc) is 2.60. The van der Waals surface area contributed by atoms with Gasteiger partial charge < -0.3 is 14.8 Å². The number of carbonyl (C=O) groups excluding carboxylic acids is 2. The molecule has 0 radical (unpaired) electrons. The number of amides is 1. The molecule has 0 bridgehead atoms. The van der Waals surface area contributed by atoms with Gasteiger partial charge in [-0.25, -0.2) is 4.79 Å². The van der Waals surface area contributed by atoms with Crippen LogP contribution in [0.4, 0.5) is 5.69 Å². The van der Waals surface area contributed by atoms with Gasteiger partial charge in [-0.3, -0.25) is 4.79 Å². The number of esters is 1. The second-order valence-corrected chi connectivity index (χ2v) is 6.57. The fourth-order valence-electron chi connectivity index (χ4n) is 2.20. The molecule has 5 nitrogen and oxygen atoms in total. The van der Waals surface area contributed by atoms with Gasteiger partial charge in [-0.1, -0.05) is 32.0 Å². The number of para-hydroxylation sites is 1. The number of rotatable bonds is 6. The summed E-state index contributed by atoms with van der Waals surface area (Å²) >= 11 is 3.45. The van der Waals surface area contributed by atoms with Crippen molar-refractivity contribution in [3.63, 3.8) is 0 Å². The number of hydrogen-bond acceptors (Lipinski definition) is 4. The van der Waals surface area contributed by atoms with Crippen LogP contribution in [0.5, 0.6) is 5.75 Å². The Bertz CT molecular complexity index is 774. The molecule has 0 unspecified atom stereocenters. The first kappa shape index (κ1) is 19.0. The molecule has 2 aromatic rings. The summed E-state index contributed by atoms with van der Waals surface area (Å²) in [5.41, 5.74) is 1.86. The van der Waals surface area contributed by atoms with E-state index >= 15 is 0 Å². The lowest BCUT2D eigenvalue weighted by atomic mass is 10.0. The quantitative estimate of drug-likeness (QED) is 0.724. The van der Waals surface area contributed by atoms with Crippen molar-refractivity contribution in [2.24, 2.45) is 0 Å². The Morgan fingerprint density at radius 2 is 1.88 bits per heavy atom. The molecule has 6 heteroatoms. The van der Waals surface area contributed by atoms with Gasteiger partial charge in [-0.05, 0) is 51.7 Å². The van der Waals surface area contributed by atoms with E-state index in [2.05, 4.69) is 35.1 Å². The number of halogens is 1. The van der Waals surface area contributed by atoms with Crippen LogP contribution in [0.15, 0.2) is 46.9 Å². The van der Waals surface area contributed by atoms with Crippen LogP contribution in [0.2, 0.25) is 0 Å². The molecule has 1 amide bonds. The Balaban J connectivity index is 2.01. The second kappa shape index (κ2) is 8.67. The molecule has 0 fully saturated rings. The summed E-state index contributed by atoms with van der Waals surface area (Å²) in [6.07, 6.45) is 0. The Kier molecular flexibility index (Phi) is 6.58. The van der Waals surface area contributed by atoms with Crippen LogP contribution in [0.1, 0.15) is 35.7 Å². The smallest absolute Gasteiger partial charge is 0.339 e. The predicted molar refractivity (Wildman–Crippen MR) is 100 cm³/mol. The number of carbonyl (C=O) groups is 2. The van der Waals surface area contributed by atoms with E-state index in [-0.39, 0.29) is 12.5 Å². The van der Waals surface area contributed by atoms with Crippen LogP contribution in [-0.4, -0.2) is 25.6 Å². The standard InChI is InChI=1S/C19H20BrNO4/c1-12(2)13-8-9-17(15(20)10-13)25-11-18(22)21-16-7-5-4-6-14(16)19(23)24-3/h4-10,12H,11H2,1-3H3,(H,21,22). The largest absolute Gasteiger partial charge is 0.483 e. The minimum atomic E-state index is -0.510. The van der Waals surface area contributed by atoms with E-state index in [1.54, 1.807) is 24.3 Å². The number of hydrogen-bond donors (Lipinski definition) is 1. The lowest BCUT2D eigenvalue weighted by Gasteiger charge is -2.12. The van der Waals surface area contributed by atoms with E-state index in [0.717, 1.165) is 4.47 Å². The third kappa shape index (κ3) is 5.06. The number of anilines is 1. The third-order valence-corrected chi connectivity index (χ3v) is 4.21. The molecule has 0 aromatic heterocycles. The van der Waals surface area contributed by atoms with Crippen molar-refractivity contribution in [2.45, 2.75) is 19.8 Å². The van der Waals surface area contributed by atoms with Gasteiger partial charge in [0.1, 0.15) is 5.75 Å². The molecular weight excluding hydrogens is 386 g/mol. The van der Waals surface area contributed by atoms with Crippen molar-refractivity contribution < 1.29 is 19.1 Å². The summed E-state index contributed by atoms with van der Waals surface area (Å²) in [6.45, 7) is 4.04. The highest BCUT2D eigenvalue weighted by Crippen LogP contribution is 2.29. The molecule has 0 atom stereocenters. The molecule has 0 saturated carbocycles. The first-order valence-corrected chi connectivity index (χ1v) is 8.61. The van der Waals surface area contributed by atoms with E-state index in [9.17, 15) is 9.59 Å². The van der Waals surface area contributed by atoms with E-state index in [0.29, 0.717) is 22.9 Å². The summed E-state index contributed by atoms with van der Waals surface area (Å²) in [4.78, 5) is 23.8. The lowest BCUT2D eigenvalue weighted by Crippen LogP contribution is -2.21.